The minimum atomic E-state index is -0.302. The molecule has 1 aliphatic rings. The van der Waals surface area contributed by atoms with Crippen LogP contribution in [-0.4, -0.2) is 20.5 Å². The van der Waals surface area contributed by atoms with Crippen LogP contribution in [0.5, 0.6) is 0 Å². The second-order valence-corrected chi connectivity index (χ2v) is 6.57. The molecular weight excluding hydrogens is 323 g/mol. The van der Waals surface area contributed by atoms with Crippen molar-refractivity contribution in [2.24, 2.45) is 4.99 Å². The van der Waals surface area contributed by atoms with Crippen molar-refractivity contribution in [3.05, 3.63) is 63.3 Å². The monoisotopic (exact) mass is 332 g/mol. The molecule has 4 nitrogen and oxygen atoms in total. The Kier molecular flexibility index (Phi) is 3.09. The summed E-state index contributed by atoms with van der Waals surface area (Å²) in [7, 11) is 0. The first-order valence-electron chi connectivity index (χ1n) is 6.65. The molecule has 0 bridgehead atoms. The van der Waals surface area contributed by atoms with Crippen molar-refractivity contribution in [3.8, 4) is 5.00 Å². The lowest BCUT2D eigenvalue weighted by molar-refractivity contribution is 0.625. The van der Waals surface area contributed by atoms with E-state index in [9.17, 15) is 4.39 Å². The molecular formula is C15H10ClFN4S. The van der Waals surface area contributed by atoms with Crippen molar-refractivity contribution in [2.75, 3.05) is 0 Å². The van der Waals surface area contributed by atoms with Gasteiger partial charge >= 0.3 is 0 Å². The van der Waals surface area contributed by atoms with E-state index in [1.165, 1.54) is 17.4 Å². The molecule has 3 aromatic rings. The predicted octanol–water partition coefficient (Wildman–Crippen LogP) is 3.78. The Bertz CT molecular complexity index is 912. The van der Waals surface area contributed by atoms with Gasteiger partial charge in [0.15, 0.2) is 5.82 Å². The maximum atomic E-state index is 14.2. The summed E-state index contributed by atoms with van der Waals surface area (Å²) >= 11 is 7.61. The standard InChI is InChI=1S/C15H10ClFN4S/c1-8-19-20-13-7-18-14(9-4-2-3-5-11(9)17)10-6-12(16)22-15(10)21(8)13/h2-6H,7H2,1H3. The number of hydrogen-bond donors (Lipinski definition) is 0. The molecule has 0 N–H and O–H groups in total. The third-order valence-corrected chi connectivity index (χ3v) is 4.79. The highest BCUT2D eigenvalue weighted by atomic mass is 35.5. The Hall–Kier alpha value is -2.05. The summed E-state index contributed by atoms with van der Waals surface area (Å²) in [6, 6.07) is 8.44. The summed E-state index contributed by atoms with van der Waals surface area (Å²) in [4.78, 5) is 4.56. The molecule has 1 aliphatic heterocycles. The molecule has 0 aliphatic carbocycles. The molecule has 0 saturated carbocycles. The molecule has 3 heterocycles. The zero-order chi connectivity index (χ0) is 15.3. The van der Waals surface area contributed by atoms with Crippen LogP contribution in [0.3, 0.4) is 0 Å². The lowest BCUT2D eigenvalue weighted by Crippen LogP contribution is -2.07. The first-order valence-corrected chi connectivity index (χ1v) is 7.85. The highest BCUT2D eigenvalue weighted by molar-refractivity contribution is 7.19. The quantitative estimate of drug-likeness (QED) is 0.680. The molecule has 0 radical (unpaired) electrons. The number of aliphatic imine (C=N–C) groups is 1. The normalized spacial score (nSPS) is 13.3. The number of fused-ring (bicyclic) bond motifs is 3. The van der Waals surface area contributed by atoms with Crippen molar-refractivity contribution in [3.63, 3.8) is 0 Å². The molecule has 1 aromatic carbocycles. The summed E-state index contributed by atoms with van der Waals surface area (Å²) in [6.07, 6.45) is 0. The maximum absolute atomic E-state index is 14.2. The smallest absolute Gasteiger partial charge is 0.160 e. The first-order chi connectivity index (χ1) is 10.6. The van der Waals surface area contributed by atoms with Crippen LogP contribution in [0.15, 0.2) is 35.3 Å². The number of nitrogens with zero attached hydrogens (tertiary/aromatic N) is 4. The lowest BCUT2D eigenvalue weighted by atomic mass is 10.0. The summed E-state index contributed by atoms with van der Waals surface area (Å²) in [5, 5.41) is 9.12. The Morgan fingerprint density at radius 1 is 1.23 bits per heavy atom. The van der Waals surface area contributed by atoms with Crippen LogP contribution < -0.4 is 0 Å². The van der Waals surface area contributed by atoms with E-state index in [-0.39, 0.29) is 5.82 Å². The van der Waals surface area contributed by atoms with Crippen molar-refractivity contribution < 1.29 is 4.39 Å². The minimum Gasteiger partial charge on any atom is -0.276 e. The molecule has 0 amide bonds. The Labute approximate surface area is 134 Å². The number of aryl methyl sites for hydroxylation is 1. The molecule has 110 valence electrons. The zero-order valence-corrected chi connectivity index (χ0v) is 13.1. The highest BCUT2D eigenvalue weighted by Gasteiger charge is 2.25. The largest absolute Gasteiger partial charge is 0.276 e. The predicted molar refractivity (Wildman–Crippen MR) is 84.7 cm³/mol. The number of rotatable bonds is 1. The molecule has 4 rings (SSSR count). The van der Waals surface area contributed by atoms with Crippen LogP contribution >= 0.6 is 22.9 Å². The molecule has 0 fully saturated rings. The summed E-state index contributed by atoms with van der Waals surface area (Å²) < 4.78 is 16.8. The van der Waals surface area contributed by atoms with Crippen LogP contribution in [0.1, 0.15) is 22.8 Å². The topological polar surface area (TPSA) is 43.1 Å². The van der Waals surface area contributed by atoms with Gasteiger partial charge in [0.25, 0.3) is 0 Å². The first kappa shape index (κ1) is 13.6. The minimum absolute atomic E-state index is 0.302. The fourth-order valence-electron chi connectivity index (χ4n) is 2.58. The third-order valence-electron chi connectivity index (χ3n) is 3.54. The number of aromatic nitrogens is 3. The number of hydrogen-bond acceptors (Lipinski definition) is 4. The van der Waals surface area contributed by atoms with E-state index in [0.29, 0.717) is 22.2 Å². The van der Waals surface area contributed by atoms with E-state index in [4.69, 9.17) is 11.6 Å². The van der Waals surface area contributed by atoms with Crippen LogP contribution in [-0.2, 0) is 6.54 Å². The second kappa shape index (κ2) is 5.00. The zero-order valence-electron chi connectivity index (χ0n) is 11.5. The molecule has 22 heavy (non-hydrogen) atoms. The van der Waals surface area contributed by atoms with Crippen molar-refractivity contribution in [1.29, 1.82) is 0 Å². The summed E-state index contributed by atoms with van der Waals surface area (Å²) in [5.74, 6) is 1.19. The van der Waals surface area contributed by atoms with Crippen molar-refractivity contribution >= 4 is 28.6 Å². The molecule has 0 atom stereocenters. The Morgan fingerprint density at radius 3 is 2.86 bits per heavy atom. The van der Waals surface area contributed by atoms with Gasteiger partial charge in [0.05, 0.1) is 10.0 Å². The average molecular weight is 333 g/mol. The van der Waals surface area contributed by atoms with Gasteiger partial charge in [-0.2, -0.15) is 0 Å². The molecule has 7 heteroatoms. The van der Waals surface area contributed by atoms with Gasteiger partial charge < -0.3 is 0 Å². The van der Waals surface area contributed by atoms with Gasteiger partial charge in [0, 0.05) is 11.1 Å². The lowest BCUT2D eigenvalue weighted by Gasteiger charge is -2.07. The van der Waals surface area contributed by atoms with Gasteiger partial charge in [-0.15, -0.1) is 21.5 Å². The number of halogens is 2. The maximum Gasteiger partial charge on any atom is 0.160 e. The van der Waals surface area contributed by atoms with Gasteiger partial charge in [-0.3, -0.25) is 9.56 Å². The fourth-order valence-corrected chi connectivity index (χ4v) is 3.86. The average Bonchev–Trinajstić information content (AvgIpc) is 3.00. The fraction of sp³-hybridized carbons (Fsp3) is 0.133. The van der Waals surface area contributed by atoms with E-state index in [2.05, 4.69) is 15.2 Å². The van der Waals surface area contributed by atoms with E-state index in [1.807, 2.05) is 17.6 Å². The van der Waals surface area contributed by atoms with E-state index >= 15 is 0 Å². The van der Waals surface area contributed by atoms with Crippen LogP contribution in [0, 0.1) is 12.7 Å². The van der Waals surface area contributed by atoms with Gasteiger partial charge in [-0.1, -0.05) is 23.7 Å². The molecule has 0 spiro atoms. The molecule has 0 unspecified atom stereocenters. The third kappa shape index (κ3) is 1.99. The van der Waals surface area contributed by atoms with E-state index < -0.39 is 0 Å². The highest BCUT2D eigenvalue weighted by Crippen LogP contribution is 2.35. The summed E-state index contributed by atoms with van der Waals surface area (Å²) in [6.45, 7) is 2.23. The SMILES string of the molecule is Cc1nnc2n1-c1sc(Cl)cc1C(c1ccccc1F)=NC2. The van der Waals surface area contributed by atoms with E-state index in [1.54, 1.807) is 18.2 Å². The van der Waals surface area contributed by atoms with Crippen LogP contribution in [0.2, 0.25) is 4.34 Å². The van der Waals surface area contributed by atoms with Crippen LogP contribution in [0.25, 0.3) is 5.00 Å². The Balaban J connectivity index is 2.00. The second-order valence-electron chi connectivity index (χ2n) is 4.91. The van der Waals surface area contributed by atoms with Gasteiger partial charge in [0.2, 0.25) is 0 Å². The van der Waals surface area contributed by atoms with Crippen LogP contribution in [0.4, 0.5) is 4.39 Å². The van der Waals surface area contributed by atoms with Gasteiger partial charge in [-0.25, -0.2) is 4.39 Å². The number of thiophene rings is 1. The molecule has 0 saturated heterocycles. The van der Waals surface area contributed by atoms with Crippen molar-refractivity contribution in [2.45, 2.75) is 13.5 Å². The summed E-state index contributed by atoms with van der Waals surface area (Å²) in [5.41, 5.74) is 1.87. The molecule has 2 aromatic heterocycles. The van der Waals surface area contributed by atoms with Gasteiger partial charge in [-0.05, 0) is 25.1 Å². The van der Waals surface area contributed by atoms with Gasteiger partial charge in [0.1, 0.15) is 23.2 Å². The van der Waals surface area contributed by atoms with E-state index in [0.717, 1.165) is 22.2 Å². The van der Waals surface area contributed by atoms with Crippen molar-refractivity contribution in [1.82, 2.24) is 14.8 Å². The number of benzene rings is 1. The Morgan fingerprint density at radius 2 is 2.05 bits per heavy atom.